The number of carboxylic acid groups (broad SMARTS) is 1. The molecule has 0 saturated heterocycles. The fraction of sp³-hybridized carbons (Fsp3) is 0.364. The molecule has 1 fully saturated rings. The third kappa shape index (κ3) is 4.14. The van der Waals surface area contributed by atoms with E-state index < -0.39 is 6.09 Å². The molecule has 0 unspecified atom stereocenters. The fourth-order valence-corrected chi connectivity index (χ4v) is 4.01. The Balaban J connectivity index is 1.41. The fourth-order valence-electron chi connectivity index (χ4n) is 4.01. The number of nitrogens with one attached hydrogen (secondary N) is 1. The predicted octanol–water partition coefficient (Wildman–Crippen LogP) is 2.53. The number of carbonyl (C=O) groups is 1. The van der Waals surface area contributed by atoms with Crippen molar-refractivity contribution in [3.63, 3.8) is 0 Å². The lowest BCUT2D eigenvalue weighted by Gasteiger charge is -2.34. The van der Waals surface area contributed by atoms with Crippen LogP contribution >= 0.6 is 0 Å². The molecule has 172 valence electrons. The van der Waals surface area contributed by atoms with Crippen LogP contribution in [-0.2, 0) is 0 Å². The lowest BCUT2D eigenvalue weighted by atomic mass is 9.89. The number of aromatic nitrogens is 4. The van der Waals surface area contributed by atoms with Crippen LogP contribution in [0.5, 0.6) is 5.88 Å². The lowest BCUT2D eigenvalue weighted by Crippen LogP contribution is -2.48. The van der Waals surface area contributed by atoms with Crippen molar-refractivity contribution in [3.05, 3.63) is 36.7 Å². The first-order chi connectivity index (χ1) is 16.0. The van der Waals surface area contributed by atoms with E-state index in [9.17, 15) is 4.79 Å². The molecule has 1 saturated carbocycles. The van der Waals surface area contributed by atoms with Gasteiger partial charge in [-0.3, -0.25) is 0 Å². The maximum atomic E-state index is 10.7. The van der Waals surface area contributed by atoms with Crippen molar-refractivity contribution in [1.82, 2.24) is 24.9 Å². The van der Waals surface area contributed by atoms with Gasteiger partial charge in [-0.05, 0) is 24.6 Å². The first kappa shape index (κ1) is 21.0. The Hall–Kier alpha value is -3.86. The number of aliphatic hydroxyl groups excluding tert-OH is 1. The molecule has 11 heteroatoms. The van der Waals surface area contributed by atoms with Gasteiger partial charge in [0.2, 0.25) is 5.88 Å². The average molecular weight is 452 g/mol. The molecule has 0 aromatic carbocycles. The highest BCUT2D eigenvalue weighted by Gasteiger charge is 2.32. The molecule has 0 bridgehead atoms. The molecule has 1 aliphatic rings. The van der Waals surface area contributed by atoms with Crippen LogP contribution < -0.4 is 15.0 Å². The molecule has 4 heterocycles. The van der Waals surface area contributed by atoms with Crippen molar-refractivity contribution < 1.29 is 24.2 Å². The average Bonchev–Trinajstić information content (AvgIpc) is 3.39. The van der Waals surface area contributed by atoms with Crippen molar-refractivity contribution in [2.45, 2.75) is 31.4 Å². The summed E-state index contributed by atoms with van der Waals surface area (Å²) >= 11 is 0. The Labute approximate surface area is 188 Å². The molecule has 11 nitrogen and oxygen atoms in total. The van der Waals surface area contributed by atoms with E-state index >= 15 is 0 Å². The number of anilines is 1. The number of hydrogen-bond donors (Lipinski definition) is 3. The molecule has 0 aliphatic heterocycles. The van der Waals surface area contributed by atoms with E-state index in [0.29, 0.717) is 54.4 Å². The topological polar surface area (TPSA) is 138 Å². The standard InChI is InChI=1S/C22H24N6O5/c1-27(7-2-8-29)21-15-11-18(33-17(15)5-6-23-21)16-12-24-19-3-4-20(26-28(16)19)32-14-9-13(10-14)25-22(30)31/h3-6,11-14,25,29H,2,7-10H2,1H3,(H,30,31). The number of hydrogen-bond acceptors (Lipinski definition) is 8. The van der Waals surface area contributed by atoms with Crippen molar-refractivity contribution in [3.8, 4) is 17.3 Å². The first-order valence-electron chi connectivity index (χ1n) is 10.7. The third-order valence-corrected chi connectivity index (χ3v) is 5.74. The summed E-state index contributed by atoms with van der Waals surface area (Å²) in [7, 11) is 1.93. The van der Waals surface area contributed by atoms with Crippen molar-refractivity contribution in [1.29, 1.82) is 0 Å². The smallest absolute Gasteiger partial charge is 0.404 e. The van der Waals surface area contributed by atoms with Crippen LogP contribution in [0.3, 0.4) is 0 Å². The van der Waals surface area contributed by atoms with E-state index in [2.05, 4.69) is 20.4 Å². The monoisotopic (exact) mass is 452 g/mol. The highest BCUT2D eigenvalue weighted by atomic mass is 16.5. The SMILES string of the molecule is CN(CCCO)c1nccc2oc(-c3cnc4ccc(OC5CC(NC(=O)O)C5)nn34)cc12. The van der Waals surface area contributed by atoms with Crippen molar-refractivity contribution >= 4 is 28.5 Å². The van der Waals surface area contributed by atoms with Gasteiger partial charge in [-0.15, -0.1) is 5.10 Å². The summed E-state index contributed by atoms with van der Waals surface area (Å²) < 4.78 is 13.7. The largest absolute Gasteiger partial charge is 0.473 e. The van der Waals surface area contributed by atoms with E-state index in [0.717, 1.165) is 11.2 Å². The predicted molar refractivity (Wildman–Crippen MR) is 120 cm³/mol. The summed E-state index contributed by atoms with van der Waals surface area (Å²) in [6.45, 7) is 0.789. The van der Waals surface area contributed by atoms with Crippen molar-refractivity contribution in [2.24, 2.45) is 0 Å². The van der Waals surface area contributed by atoms with Gasteiger partial charge < -0.3 is 29.6 Å². The maximum absolute atomic E-state index is 10.7. The second-order valence-electron chi connectivity index (χ2n) is 8.10. The van der Waals surface area contributed by atoms with Crippen LogP contribution in [0.25, 0.3) is 28.1 Å². The number of ether oxygens (including phenoxy) is 1. The number of rotatable bonds is 8. The van der Waals surface area contributed by atoms with E-state index in [1.54, 1.807) is 23.0 Å². The van der Waals surface area contributed by atoms with E-state index in [-0.39, 0.29) is 18.8 Å². The minimum absolute atomic E-state index is 0.0890. The Bertz CT molecular complexity index is 1300. The molecule has 1 amide bonds. The molecule has 0 spiro atoms. The summed E-state index contributed by atoms with van der Waals surface area (Å²) in [5.74, 6) is 1.81. The quantitative estimate of drug-likeness (QED) is 0.368. The normalized spacial score (nSPS) is 17.8. The van der Waals surface area contributed by atoms with E-state index in [1.165, 1.54) is 0 Å². The van der Waals surface area contributed by atoms with Crippen LogP contribution in [0.1, 0.15) is 19.3 Å². The summed E-state index contributed by atoms with van der Waals surface area (Å²) in [4.78, 5) is 21.6. The molecule has 33 heavy (non-hydrogen) atoms. The van der Waals surface area contributed by atoms with Crippen LogP contribution in [-0.4, -0.2) is 68.2 Å². The molecular weight excluding hydrogens is 428 g/mol. The Morgan fingerprint density at radius 2 is 2.18 bits per heavy atom. The van der Waals surface area contributed by atoms with Gasteiger partial charge in [-0.1, -0.05) is 0 Å². The molecule has 3 N–H and O–H groups in total. The zero-order valence-corrected chi connectivity index (χ0v) is 18.0. The minimum atomic E-state index is -1.02. The zero-order valence-electron chi connectivity index (χ0n) is 18.0. The highest BCUT2D eigenvalue weighted by molar-refractivity contribution is 5.91. The van der Waals surface area contributed by atoms with Crippen LogP contribution in [0.4, 0.5) is 10.6 Å². The van der Waals surface area contributed by atoms with E-state index in [1.807, 2.05) is 30.1 Å². The zero-order chi connectivity index (χ0) is 22.9. The van der Waals surface area contributed by atoms with Gasteiger partial charge in [0.15, 0.2) is 11.4 Å². The molecule has 0 radical (unpaired) electrons. The highest BCUT2D eigenvalue weighted by Crippen LogP contribution is 2.33. The number of fused-ring (bicyclic) bond motifs is 2. The number of pyridine rings is 1. The molecule has 4 aromatic heterocycles. The second-order valence-corrected chi connectivity index (χ2v) is 8.10. The Morgan fingerprint density at radius 1 is 1.33 bits per heavy atom. The van der Waals surface area contributed by atoms with Crippen LogP contribution in [0, 0.1) is 0 Å². The summed E-state index contributed by atoms with van der Waals surface area (Å²) in [5, 5.41) is 25.8. The third-order valence-electron chi connectivity index (χ3n) is 5.74. The van der Waals surface area contributed by atoms with Crippen LogP contribution in [0.15, 0.2) is 41.1 Å². The van der Waals surface area contributed by atoms with Gasteiger partial charge in [0.05, 0.1) is 11.6 Å². The Morgan fingerprint density at radius 3 is 2.97 bits per heavy atom. The lowest BCUT2D eigenvalue weighted by molar-refractivity contribution is 0.0782. The second kappa shape index (κ2) is 8.58. The molecule has 4 aromatic rings. The molecule has 5 rings (SSSR count). The van der Waals surface area contributed by atoms with Gasteiger partial charge >= 0.3 is 6.09 Å². The van der Waals surface area contributed by atoms with Crippen LogP contribution in [0.2, 0.25) is 0 Å². The summed E-state index contributed by atoms with van der Waals surface area (Å²) in [6.07, 6.45) is 4.13. The van der Waals surface area contributed by atoms with Gasteiger partial charge in [-0.2, -0.15) is 0 Å². The Kier molecular flexibility index (Phi) is 5.47. The molecule has 0 atom stereocenters. The first-order valence-corrected chi connectivity index (χ1v) is 10.7. The minimum Gasteiger partial charge on any atom is -0.473 e. The number of nitrogens with zero attached hydrogens (tertiary/aromatic N) is 5. The van der Waals surface area contributed by atoms with Gasteiger partial charge in [0.1, 0.15) is 23.2 Å². The van der Waals surface area contributed by atoms with Gasteiger partial charge in [0, 0.05) is 51.3 Å². The number of aliphatic hydroxyl groups is 1. The molecule has 1 aliphatic carbocycles. The van der Waals surface area contributed by atoms with E-state index in [4.69, 9.17) is 19.4 Å². The molecular formula is C22H24N6O5. The summed E-state index contributed by atoms with van der Waals surface area (Å²) in [6, 6.07) is 7.20. The number of imidazole rings is 1. The van der Waals surface area contributed by atoms with Crippen molar-refractivity contribution in [2.75, 3.05) is 25.1 Å². The number of furan rings is 1. The van der Waals surface area contributed by atoms with Gasteiger partial charge in [0.25, 0.3) is 0 Å². The number of amides is 1. The maximum Gasteiger partial charge on any atom is 0.404 e. The summed E-state index contributed by atoms with van der Waals surface area (Å²) in [5.41, 5.74) is 2.02. The van der Waals surface area contributed by atoms with Gasteiger partial charge in [-0.25, -0.2) is 19.3 Å².